The van der Waals surface area contributed by atoms with Crippen LogP contribution in [0.15, 0.2) is 54.6 Å². The largest absolute Gasteiger partial charge is 0.460 e. The van der Waals surface area contributed by atoms with Crippen LogP contribution in [-0.4, -0.2) is 113 Å². The lowest BCUT2D eigenvalue weighted by Gasteiger charge is -2.48. The number of amides is 3. The van der Waals surface area contributed by atoms with Crippen LogP contribution in [0.4, 0.5) is 0 Å². The topological polar surface area (TPSA) is 182 Å². The van der Waals surface area contributed by atoms with Gasteiger partial charge in [-0.25, -0.2) is 0 Å². The van der Waals surface area contributed by atoms with Crippen molar-refractivity contribution in [2.24, 2.45) is 5.41 Å². The van der Waals surface area contributed by atoms with Crippen molar-refractivity contribution in [3.8, 4) is 0 Å². The minimum atomic E-state index is -1.43. The summed E-state index contributed by atoms with van der Waals surface area (Å²) in [6, 6.07) is 12.5. The highest BCUT2D eigenvalue weighted by atomic mass is 16.8. The van der Waals surface area contributed by atoms with Crippen LogP contribution in [0.5, 0.6) is 0 Å². The number of hydroxylamine groups is 2. The highest BCUT2D eigenvalue weighted by Crippen LogP contribution is 2.58. The van der Waals surface area contributed by atoms with Crippen molar-refractivity contribution in [3.05, 3.63) is 76.9 Å². The highest BCUT2D eigenvalue weighted by molar-refractivity contribution is 5.95. The molecule has 0 radical (unpaired) electrons. The van der Waals surface area contributed by atoms with Crippen molar-refractivity contribution in [2.45, 2.75) is 166 Å². The number of rotatable bonds is 21. The van der Waals surface area contributed by atoms with Crippen molar-refractivity contribution < 1.29 is 52.9 Å². The Labute approximate surface area is 377 Å². The Bertz CT molecular complexity index is 2010. The standard InChI is InChI=1S/C49H68N4O11/c1-8-10-14-25-48(26-15-11-9-2)62-40-37-28-49(46(59)50-29-32-17-16-20-34(27-32)44(57)51-36(31-54)22-24-39(56)61-47(3,4)5)42(45(58)60-37)53(64-43(49)41(40)63-48)30-35-19-13-12-18-33(35)21-23-38(55)52(6)7/h12-13,16-21,23,27,36-37,40-43,54H,8-11,14-15,22,24-26,28-31H2,1-7H3,(H,50,59)(H,51,57)/t36-,37?,40-,41-,42-,43+,49?/m0/s1. The number of nitrogens with zero attached hydrogens (tertiary/aromatic N) is 2. The summed E-state index contributed by atoms with van der Waals surface area (Å²) in [7, 11) is 3.35. The van der Waals surface area contributed by atoms with Crippen LogP contribution in [0.25, 0.3) is 6.08 Å². The zero-order valence-corrected chi connectivity index (χ0v) is 38.6. The molecule has 15 nitrogen and oxygen atoms in total. The van der Waals surface area contributed by atoms with Crippen molar-refractivity contribution in [3.63, 3.8) is 0 Å². The molecule has 3 saturated heterocycles. The molecule has 4 fully saturated rings. The fourth-order valence-corrected chi connectivity index (χ4v) is 9.35. The first-order valence-corrected chi connectivity index (χ1v) is 23.0. The van der Waals surface area contributed by atoms with E-state index >= 15 is 4.79 Å². The summed E-state index contributed by atoms with van der Waals surface area (Å²) in [5.74, 6) is -2.98. The summed E-state index contributed by atoms with van der Waals surface area (Å²) in [6.45, 7) is 9.38. The fourth-order valence-electron chi connectivity index (χ4n) is 9.35. The summed E-state index contributed by atoms with van der Waals surface area (Å²) in [5.41, 5.74) is 0.361. The lowest BCUT2D eigenvalue weighted by molar-refractivity contribution is -0.224. The van der Waals surface area contributed by atoms with Crippen LogP contribution >= 0.6 is 0 Å². The molecule has 0 aromatic heterocycles. The van der Waals surface area contributed by atoms with Crippen molar-refractivity contribution >= 4 is 35.7 Å². The van der Waals surface area contributed by atoms with Crippen LogP contribution in [-0.2, 0) is 56.1 Å². The Morgan fingerprint density at radius 1 is 0.984 bits per heavy atom. The molecule has 3 amide bonds. The SMILES string of the molecule is CCCCCC1(CCCCC)O[C@@H]2[C@H]3ON(Cc4ccccc4C=CC(=O)N(C)C)[C@H]4C(=O)OC(CC34C(=O)NCc3cccc(C(=O)N[C@H](CO)CCC(=O)OC(C)(C)C)c3)[C@@H]2O1. The first-order valence-electron chi connectivity index (χ1n) is 23.0. The van der Waals surface area contributed by atoms with E-state index in [4.69, 9.17) is 23.8 Å². The van der Waals surface area contributed by atoms with E-state index in [1.165, 1.54) is 11.0 Å². The lowest BCUT2D eigenvalue weighted by Crippen LogP contribution is -2.69. The quantitative estimate of drug-likeness (QED) is 0.0785. The van der Waals surface area contributed by atoms with Gasteiger partial charge in [0.25, 0.3) is 5.91 Å². The number of unbranched alkanes of at least 4 members (excludes halogenated alkanes) is 4. The van der Waals surface area contributed by atoms with Crippen LogP contribution in [0.2, 0.25) is 0 Å². The number of carbonyl (C=O) groups is 5. The number of hydrogen-bond donors (Lipinski definition) is 3. The second kappa shape index (κ2) is 21.1. The van der Waals surface area contributed by atoms with Gasteiger partial charge in [0.15, 0.2) is 11.8 Å². The van der Waals surface area contributed by atoms with E-state index in [0.717, 1.165) is 49.7 Å². The number of carbonyl (C=O) groups excluding carboxylic acids is 5. The van der Waals surface area contributed by atoms with Crippen LogP contribution < -0.4 is 10.6 Å². The molecule has 1 aliphatic carbocycles. The molecular weight excluding hydrogens is 821 g/mol. The smallest absolute Gasteiger partial charge is 0.327 e. The molecule has 0 spiro atoms. The summed E-state index contributed by atoms with van der Waals surface area (Å²) in [4.78, 5) is 76.0. The van der Waals surface area contributed by atoms with Gasteiger partial charge in [-0.2, -0.15) is 5.06 Å². The number of likely N-dealkylation sites (N-methyl/N-ethyl adjacent to an activating group) is 1. The third kappa shape index (κ3) is 11.2. The van der Waals surface area contributed by atoms with Gasteiger partial charge in [-0.05, 0) is 74.9 Å². The number of hydrogen-bond acceptors (Lipinski definition) is 12. The molecular formula is C49H68N4O11. The molecule has 6 rings (SSSR count). The molecule has 2 unspecified atom stereocenters. The number of fused-ring (bicyclic) bond motifs is 4. The number of esters is 2. The summed E-state index contributed by atoms with van der Waals surface area (Å²) in [6.07, 6.45) is 7.71. The fraction of sp³-hybridized carbons (Fsp3) is 0.612. The predicted octanol–water partition coefficient (Wildman–Crippen LogP) is 5.76. The molecule has 3 N–H and O–H groups in total. The molecule has 15 heteroatoms. The third-order valence-corrected chi connectivity index (χ3v) is 12.5. The summed E-state index contributed by atoms with van der Waals surface area (Å²) < 4.78 is 25.5. The van der Waals surface area contributed by atoms with E-state index < -0.39 is 77.1 Å². The van der Waals surface area contributed by atoms with Gasteiger partial charge < -0.3 is 39.6 Å². The van der Waals surface area contributed by atoms with E-state index in [1.807, 2.05) is 24.3 Å². The van der Waals surface area contributed by atoms with Gasteiger partial charge in [0, 0.05) is 58.0 Å². The van der Waals surface area contributed by atoms with Gasteiger partial charge in [-0.3, -0.25) is 28.8 Å². The number of benzene rings is 2. The summed E-state index contributed by atoms with van der Waals surface area (Å²) in [5, 5.41) is 17.4. The first-order chi connectivity index (χ1) is 30.5. The maximum absolute atomic E-state index is 15.1. The highest BCUT2D eigenvalue weighted by Gasteiger charge is 2.76. The second-order valence-electron chi connectivity index (χ2n) is 18.8. The maximum Gasteiger partial charge on any atom is 0.327 e. The Morgan fingerprint density at radius 3 is 2.36 bits per heavy atom. The maximum atomic E-state index is 15.1. The number of nitrogens with one attached hydrogen (secondary N) is 2. The molecule has 2 bridgehead atoms. The van der Waals surface area contributed by atoms with E-state index in [2.05, 4.69) is 24.5 Å². The summed E-state index contributed by atoms with van der Waals surface area (Å²) >= 11 is 0. The van der Waals surface area contributed by atoms with Gasteiger partial charge >= 0.3 is 11.9 Å². The van der Waals surface area contributed by atoms with E-state index in [9.17, 15) is 24.3 Å². The Morgan fingerprint density at radius 2 is 1.69 bits per heavy atom. The minimum Gasteiger partial charge on any atom is -0.460 e. The molecule has 3 aliphatic heterocycles. The molecule has 350 valence electrons. The molecule has 1 saturated carbocycles. The Kier molecular flexibility index (Phi) is 16.1. The van der Waals surface area contributed by atoms with Gasteiger partial charge in [-0.1, -0.05) is 75.9 Å². The molecule has 4 aliphatic rings. The molecule has 2 aromatic carbocycles. The van der Waals surface area contributed by atoms with E-state index in [-0.39, 0.29) is 44.9 Å². The molecule has 64 heavy (non-hydrogen) atoms. The number of ether oxygens (including phenoxy) is 4. The van der Waals surface area contributed by atoms with Crippen molar-refractivity contribution in [1.82, 2.24) is 20.6 Å². The zero-order valence-electron chi connectivity index (χ0n) is 38.6. The average Bonchev–Trinajstić information content (AvgIpc) is 3.81. The average molecular weight is 889 g/mol. The normalized spacial score (nSPS) is 25.1. The predicted molar refractivity (Wildman–Crippen MR) is 238 cm³/mol. The van der Waals surface area contributed by atoms with Crippen molar-refractivity contribution in [1.29, 1.82) is 0 Å². The minimum absolute atomic E-state index is 0.0208. The van der Waals surface area contributed by atoms with Gasteiger partial charge in [0.05, 0.1) is 19.2 Å². The monoisotopic (exact) mass is 888 g/mol. The van der Waals surface area contributed by atoms with Crippen LogP contribution in [0, 0.1) is 5.41 Å². The van der Waals surface area contributed by atoms with E-state index in [0.29, 0.717) is 24.0 Å². The van der Waals surface area contributed by atoms with Crippen LogP contribution in [0.1, 0.15) is 132 Å². The number of aliphatic hydroxyl groups is 1. The van der Waals surface area contributed by atoms with Gasteiger partial charge in [-0.15, -0.1) is 0 Å². The second-order valence-corrected chi connectivity index (χ2v) is 18.8. The Balaban J connectivity index is 1.26. The number of aliphatic hydroxyl groups excluding tert-OH is 1. The van der Waals surface area contributed by atoms with Crippen LogP contribution in [0.3, 0.4) is 0 Å². The van der Waals surface area contributed by atoms with Crippen molar-refractivity contribution in [2.75, 3.05) is 20.7 Å². The first kappa shape index (κ1) is 48.8. The molecule has 7 atom stereocenters. The molecule has 2 aromatic rings. The van der Waals surface area contributed by atoms with Gasteiger partial charge in [0.2, 0.25) is 11.8 Å². The van der Waals surface area contributed by atoms with E-state index in [1.54, 1.807) is 70.3 Å². The molecule has 3 heterocycles. The third-order valence-electron chi connectivity index (χ3n) is 12.5. The Hall–Kier alpha value is -4.67. The lowest BCUT2D eigenvalue weighted by atomic mass is 9.62. The van der Waals surface area contributed by atoms with Gasteiger partial charge in [0.1, 0.15) is 35.4 Å². The zero-order chi connectivity index (χ0) is 46.2.